The van der Waals surface area contributed by atoms with Gasteiger partial charge in [0.1, 0.15) is 0 Å². The summed E-state index contributed by atoms with van der Waals surface area (Å²) in [6.07, 6.45) is 0. The SMILES string of the molecule is c1ccc(-c2ccc(-n3c4ccc(-c5cccc(-c6ccccc6Nc6ccc7ccccc7c6)c5)cc4c4ccc5sc6ccccc6c5c43)cc2)cc1. The molecule has 2 heterocycles. The highest BCUT2D eigenvalue weighted by Crippen LogP contribution is 2.44. The Morgan fingerprint density at radius 3 is 2.02 bits per heavy atom. The largest absolute Gasteiger partial charge is 0.355 e. The number of rotatable bonds is 6. The maximum absolute atomic E-state index is 3.72. The zero-order chi connectivity index (χ0) is 36.3. The summed E-state index contributed by atoms with van der Waals surface area (Å²) in [6, 6.07) is 72.7. The van der Waals surface area contributed by atoms with Crippen LogP contribution in [-0.2, 0) is 0 Å². The van der Waals surface area contributed by atoms with Crippen LogP contribution in [-0.4, -0.2) is 4.57 Å². The van der Waals surface area contributed by atoms with E-state index in [2.05, 4.69) is 210 Å². The van der Waals surface area contributed by atoms with Gasteiger partial charge in [-0.15, -0.1) is 11.3 Å². The van der Waals surface area contributed by atoms with Crippen molar-refractivity contribution in [2.45, 2.75) is 0 Å². The molecule has 9 aromatic carbocycles. The van der Waals surface area contributed by atoms with Crippen LogP contribution in [0.15, 0.2) is 200 Å². The summed E-state index contributed by atoms with van der Waals surface area (Å²) >= 11 is 1.87. The molecule has 2 aromatic heterocycles. The minimum Gasteiger partial charge on any atom is -0.355 e. The van der Waals surface area contributed by atoms with E-state index in [0.717, 1.165) is 17.1 Å². The second kappa shape index (κ2) is 12.9. The number of nitrogens with one attached hydrogen (secondary N) is 1. The van der Waals surface area contributed by atoms with Crippen LogP contribution in [0.3, 0.4) is 0 Å². The van der Waals surface area contributed by atoms with Gasteiger partial charge in [0, 0.05) is 53.6 Å². The van der Waals surface area contributed by atoms with Crippen molar-refractivity contribution in [3.8, 4) is 39.1 Å². The number of hydrogen-bond acceptors (Lipinski definition) is 2. The molecule has 55 heavy (non-hydrogen) atoms. The highest BCUT2D eigenvalue weighted by atomic mass is 32.1. The van der Waals surface area contributed by atoms with E-state index in [1.54, 1.807) is 0 Å². The zero-order valence-corrected chi connectivity index (χ0v) is 30.7. The van der Waals surface area contributed by atoms with E-state index in [1.165, 1.54) is 86.1 Å². The molecule has 0 saturated carbocycles. The van der Waals surface area contributed by atoms with Crippen LogP contribution < -0.4 is 5.32 Å². The summed E-state index contributed by atoms with van der Waals surface area (Å²) in [6.45, 7) is 0. The molecule has 0 aliphatic heterocycles. The third-order valence-electron chi connectivity index (χ3n) is 11.0. The van der Waals surface area contributed by atoms with E-state index in [0.29, 0.717) is 0 Å². The molecule has 0 aliphatic rings. The van der Waals surface area contributed by atoms with Crippen molar-refractivity contribution in [2.75, 3.05) is 5.32 Å². The van der Waals surface area contributed by atoms with Crippen LogP contribution >= 0.6 is 11.3 Å². The fourth-order valence-electron chi connectivity index (χ4n) is 8.33. The number of thiophene rings is 1. The standard InChI is InChI=1S/C52H34N2S/c1-2-11-34(12-3-1)36-22-26-42(27-23-36)54-48-29-24-39(33-46(48)44-28-30-50-51(52(44)54)45-18-7-9-20-49(45)55-50)37-15-10-16-40(31-37)43-17-6-8-19-47(43)53-41-25-21-35-13-4-5-14-38(35)32-41/h1-33,53H. The Bertz CT molecular complexity index is 3220. The monoisotopic (exact) mass is 718 g/mol. The van der Waals surface area contributed by atoms with Gasteiger partial charge < -0.3 is 9.88 Å². The van der Waals surface area contributed by atoms with E-state index in [1.807, 2.05) is 11.3 Å². The molecule has 0 bridgehead atoms. The molecular weight excluding hydrogens is 685 g/mol. The van der Waals surface area contributed by atoms with E-state index >= 15 is 0 Å². The molecule has 0 aliphatic carbocycles. The molecule has 0 saturated heterocycles. The number of benzene rings is 9. The highest BCUT2D eigenvalue weighted by Gasteiger charge is 2.19. The lowest BCUT2D eigenvalue weighted by molar-refractivity contribution is 1.19. The second-order valence-corrected chi connectivity index (χ2v) is 15.3. The van der Waals surface area contributed by atoms with Gasteiger partial charge in [0.2, 0.25) is 0 Å². The Kier molecular flexibility index (Phi) is 7.39. The van der Waals surface area contributed by atoms with Crippen molar-refractivity contribution in [1.82, 2.24) is 4.57 Å². The Labute approximate surface area is 323 Å². The van der Waals surface area contributed by atoms with Crippen LogP contribution in [0.5, 0.6) is 0 Å². The number of nitrogens with zero attached hydrogens (tertiary/aromatic N) is 1. The third-order valence-corrected chi connectivity index (χ3v) is 12.1. The van der Waals surface area contributed by atoms with Crippen molar-refractivity contribution in [3.05, 3.63) is 200 Å². The molecule has 0 radical (unpaired) electrons. The Morgan fingerprint density at radius 1 is 0.400 bits per heavy atom. The van der Waals surface area contributed by atoms with Gasteiger partial charge in [0.15, 0.2) is 0 Å². The summed E-state index contributed by atoms with van der Waals surface area (Å²) < 4.78 is 5.10. The van der Waals surface area contributed by atoms with E-state index in [4.69, 9.17) is 0 Å². The number of fused-ring (bicyclic) bond motifs is 8. The average Bonchev–Trinajstić information content (AvgIpc) is 3.80. The first-order valence-electron chi connectivity index (χ1n) is 18.8. The predicted octanol–water partition coefficient (Wildman–Crippen LogP) is 15.0. The summed E-state index contributed by atoms with van der Waals surface area (Å²) in [7, 11) is 0. The molecule has 0 atom stereocenters. The molecule has 11 aromatic rings. The van der Waals surface area contributed by atoms with Gasteiger partial charge in [-0.1, -0.05) is 140 Å². The Hall–Kier alpha value is -6.94. The first-order valence-corrected chi connectivity index (χ1v) is 19.6. The van der Waals surface area contributed by atoms with Crippen molar-refractivity contribution in [1.29, 1.82) is 0 Å². The van der Waals surface area contributed by atoms with Crippen LogP contribution in [0.2, 0.25) is 0 Å². The van der Waals surface area contributed by atoms with Crippen LogP contribution in [0.4, 0.5) is 11.4 Å². The zero-order valence-electron chi connectivity index (χ0n) is 29.9. The van der Waals surface area contributed by atoms with E-state index in [9.17, 15) is 0 Å². The summed E-state index contributed by atoms with van der Waals surface area (Å²) in [5.74, 6) is 0. The molecule has 2 nitrogen and oxygen atoms in total. The number of aromatic nitrogens is 1. The first-order chi connectivity index (χ1) is 27.2. The summed E-state index contributed by atoms with van der Waals surface area (Å²) in [4.78, 5) is 0. The molecule has 3 heteroatoms. The fourth-order valence-corrected chi connectivity index (χ4v) is 9.44. The normalized spacial score (nSPS) is 11.6. The van der Waals surface area contributed by atoms with Crippen molar-refractivity contribution < 1.29 is 0 Å². The molecule has 11 rings (SSSR count). The van der Waals surface area contributed by atoms with Gasteiger partial charge >= 0.3 is 0 Å². The van der Waals surface area contributed by atoms with Crippen LogP contribution in [0, 0.1) is 0 Å². The average molecular weight is 719 g/mol. The smallest absolute Gasteiger partial charge is 0.0634 e. The lowest BCUT2D eigenvalue weighted by Crippen LogP contribution is -1.94. The minimum absolute atomic E-state index is 1.08. The van der Waals surface area contributed by atoms with Crippen molar-refractivity contribution in [3.63, 3.8) is 0 Å². The first kappa shape index (κ1) is 31.6. The predicted molar refractivity (Wildman–Crippen MR) is 237 cm³/mol. The summed E-state index contributed by atoms with van der Waals surface area (Å²) in [5.41, 5.74) is 13.0. The number of anilines is 2. The molecule has 0 amide bonds. The van der Waals surface area contributed by atoms with E-state index in [-0.39, 0.29) is 0 Å². The van der Waals surface area contributed by atoms with E-state index < -0.39 is 0 Å². The maximum Gasteiger partial charge on any atom is 0.0634 e. The van der Waals surface area contributed by atoms with Crippen LogP contribution in [0.25, 0.3) is 91.8 Å². The topological polar surface area (TPSA) is 17.0 Å². The van der Waals surface area contributed by atoms with Crippen molar-refractivity contribution >= 4 is 75.5 Å². The summed E-state index contributed by atoms with van der Waals surface area (Å²) in [5, 5.41) is 11.3. The molecular formula is C52H34N2S. The van der Waals surface area contributed by atoms with Gasteiger partial charge in [-0.2, -0.15) is 0 Å². The Morgan fingerprint density at radius 2 is 1.11 bits per heavy atom. The van der Waals surface area contributed by atoms with Gasteiger partial charge in [-0.3, -0.25) is 0 Å². The van der Waals surface area contributed by atoms with Gasteiger partial charge in [-0.25, -0.2) is 0 Å². The minimum atomic E-state index is 1.08. The quantitative estimate of drug-likeness (QED) is 0.181. The van der Waals surface area contributed by atoms with Crippen LogP contribution in [0.1, 0.15) is 0 Å². The lowest BCUT2D eigenvalue weighted by atomic mass is 9.97. The highest BCUT2D eigenvalue weighted by molar-refractivity contribution is 7.26. The molecule has 1 N–H and O–H groups in total. The number of hydrogen-bond donors (Lipinski definition) is 1. The Balaban J connectivity index is 1.05. The van der Waals surface area contributed by atoms with Gasteiger partial charge in [0.25, 0.3) is 0 Å². The van der Waals surface area contributed by atoms with Gasteiger partial charge in [-0.05, 0) is 99.3 Å². The molecule has 0 fully saturated rings. The molecule has 258 valence electrons. The fraction of sp³-hybridized carbons (Fsp3) is 0. The second-order valence-electron chi connectivity index (χ2n) is 14.2. The lowest BCUT2D eigenvalue weighted by Gasteiger charge is -2.14. The molecule has 0 spiro atoms. The number of para-hydroxylation sites is 1. The molecule has 0 unspecified atom stereocenters. The maximum atomic E-state index is 3.72. The third kappa shape index (κ3) is 5.40. The van der Waals surface area contributed by atoms with Crippen molar-refractivity contribution in [2.24, 2.45) is 0 Å². The van der Waals surface area contributed by atoms with Gasteiger partial charge in [0.05, 0.1) is 11.0 Å².